The van der Waals surface area contributed by atoms with Crippen LogP contribution in [0, 0.1) is 5.92 Å². The first kappa shape index (κ1) is 16.2. The van der Waals surface area contributed by atoms with Gasteiger partial charge in [-0.3, -0.25) is 4.68 Å². The molecule has 0 fully saturated rings. The van der Waals surface area contributed by atoms with Crippen molar-refractivity contribution in [1.29, 1.82) is 0 Å². The van der Waals surface area contributed by atoms with Gasteiger partial charge in [-0.05, 0) is 38.3 Å². The van der Waals surface area contributed by atoms with Crippen molar-refractivity contribution in [3.8, 4) is 0 Å². The summed E-state index contributed by atoms with van der Waals surface area (Å²) in [6.07, 6.45) is 4.63. The van der Waals surface area contributed by atoms with Gasteiger partial charge in [-0.1, -0.05) is 34.1 Å². The van der Waals surface area contributed by atoms with Crippen LogP contribution >= 0.6 is 0 Å². The third-order valence-corrected chi connectivity index (χ3v) is 3.91. The predicted molar refractivity (Wildman–Crippen MR) is 82.5 cm³/mol. The fraction of sp³-hybridized carbons (Fsp3) is 0.812. The summed E-state index contributed by atoms with van der Waals surface area (Å²) in [5.74, 6) is 0.785. The Hall–Kier alpha value is -0.830. The Balaban J connectivity index is 2.74. The van der Waals surface area contributed by atoms with Crippen molar-refractivity contribution in [2.45, 2.75) is 72.9 Å². The van der Waals surface area contributed by atoms with Gasteiger partial charge in [0.2, 0.25) is 0 Å². The second-order valence-electron chi connectivity index (χ2n) is 5.50. The number of aromatic nitrogens is 2. The highest BCUT2D eigenvalue weighted by molar-refractivity contribution is 5.12. The molecular formula is C16H31N3. The van der Waals surface area contributed by atoms with Gasteiger partial charge < -0.3 is 5.32 Å². The zero-order valence-electron chi connectivity index (χ0n) is 13.4. The van der Waals surface area contributed by atoms with Crippen LogP contribution in [0.1, 0.15) is 58.8 Å². The van der Waals surface area contributed by atoms with Gasteiger partial charge in [0.05, 0.1) is 5.69 Å². The maximum Gasteiger partial charge on any atom is 0.0624 e. The molecule has 1 heterocycles. The number of hydrogen-bond acceptors (Lipinski definition) is 2. The van der Waals surface area contributed by atoms with Gasteiger partial charge in [-0.25, -0.2) is 0 Å². The largest absolute Gasteiger partial charge is 0.314 e. The minimum atomic E-state index is 0.576. The molecule has 0 aliphatic carbocycles. The summed E-state index contributed by atoms with van der Waals surface area (Å²) in [5, 5.41) is 8.28. The molecule has 1 rings (SSSR count). The lowest BCUT2D eigenvalue weighted by Crippen LogP contribution is -2.33. The Morgan fingerprint density at radius 3 is 2.53 bits per heavy atom. The summed E-state index contributed by atoms with van der Waals surface area (Å²) in [7, 11) is 0. The highest BCUT2D eigenvalue weighted by Crippen LogP contribution is 2.15. The lowest BCUT2D eigenvalue weighted by atomic mass is 9.96. The molecule has 0 aliphatic heterocycles. The number of nitrogens with one attached hydrogen (secondary N) is 1. The molecule has 110 valence electrons. The first-order valence-electron chi connectivity index (χ1n) is 7.93. The van der Waals surface area contributed by atoms with Crippen LogP contribution in [0.4, 0.5) is 0 Å². The zero-order chi connectivity index (χ0) is 14.3. The van der Waals surface area contributed by atoms with E-state index in [1.165, 1.54) is 24.2 Å². The summed E-state index contributed by atoms with van der Waals surface area (Å²) in [4.78, 5) is 0. The van der Waals surface area contributed by atoms with E-state index in [0.717, 1.165) is 31.8 Å². The topological polar surface area (TPSA) is 29.9 Å². The Kier molecular flexibility index (Phi) is 7.14. The average Bonchev–Trinajstić information content (AvgIpc) is 2.81. The van der Waals surface area contributed by atoms with E-state index >= 15 is 0 Å². The van der Waals surface area contributed by atoms with E-state index in [9.17, 15) is 0 Å². The van der Waals surface area contributed by atoms with Crippen molar-refractivity contribution in [3.05, 3.63) is 17.5 Å². The van der Waals surface area contributed by atoms with Crippen LogP contribution in [0.5, 0.6) is 0 Å². The first-order chi connectivity index (χ1) is 9.14. The molecule has 3 heteroatoms. The summed E-state index contributed by atoms with van der Waals surface area (Å²) < 4.78 is 2.17. The SMILES string of the molecule is CCNC(Cc1cc(CC)nn1CC)CC(C)CC. The molecule has 1 aromatic rings. The molecule has 2 atom stereocenters. The molecule has 1 N–H and O–H groups in total. The molecule has 0 aliphatic rings. The molecule has 19 heavy (non-hydrogen) atoms. The van der Waals surface area contributed by atoms with Gasteiger partial charge in [0.1, 0.15) is 0 Å². The van der Waals surface area contributed by atoms with Crippen molar-refractivity contribution < 1.29 is 0 Å². The highest BCUT2D eigenvalue weighted by atomic mass is 15.3. The molecule has 1 aromatic heterocycles. The van der Waals surface area contributed by atoms with E-state index < -0.39 is 0 Å². The van der Waals surface area contributed by atoms with Crippen molar-refractivity contribution in [3.63, 3.8) is 0 Å². The first-order valence-corrected chi connectivity index (χ1v) is 7.93. The highest BCUT2D eigenvalue weighted by Gasteiger charge is 2.15. The molecule has 0 aromatic carbocycles. The third kappa shape index (κ3) is 4.98. The quantitative estimate of drug-likeness (QED) is 0.741. The summed E-state index contributed by atoms with van der Waals surface area (Å²) in [6.45, 7) is 13.2. The fourth-order valence-electron chi connectivity index (χ4n) is 2.56. The van der Waals surface area contributed by atoms with Crippen molar-refractivity contribution in [2.24, 2.45) is 5.92 Å². The fourth-order valence-corrected chi connectivity index (χ4v) is 2.56. The Morgan fingerprint density at radius 2 is 2.00 bits per heavy atom. The minimum absolute atomic E-state index is 0.576. The van der Waals surface area contributed by atoms with E-state index in [1.807, 2.05) is 0 Å². The predicted octanol–water partition coefficient (Wildman–Crippen LogP) is 3.42. The molecule has 2 unspecified atom stereocenters. The minimum Gasteiger partial charge on any atom is -0.314 e. The summed E-state index contributed by atoms with van der Waals surface area (Å²) >= 11 is 0. The van der Waals surface area contributed by atoms with Gasteiger partial charge in [0.25, 0.3) is 0 Å². The molecule has 0 bridgehead atoms. The van der Waals surface area contributed by atoms with Crippen LogP contribution in [0.3, 0.4) is 0 Å². The normalized spacial score (nSPS) is 14.6. The molecule has 0 saturated heterocycles. The second-order valence-corrected chi connectivity index (χ2v) is 5.50. The number of aryl methyl sites for hydroxylation is 2. The Labute approximate surface area is 118 Å². The third-order valence-electron chi connectivity index (χ3n) is 3.91. The average molecular weight is 265 g/mol. The zero-order valence-corrected chi connectivity index (χ0v) is 13.4. The molecule has 0 spiro atoms. The molecule has 0 radical (unpaired) electrons. The lowest BCUT2D eigenvalue weighted by molar-refractivity contribution is 0.390. The number of likely N-dealkylation sites (N-methyl/N-ethyl adjacent to an activating group) is 1. The van der Waals surface area contributed by atoms with E-state index in [1.54, 1.807) is 0 Å². The second kappa shape index (κ2) is 8.36. The maximum atomic E-state index is 4.65. The number of rotatable bonds is 9. The smallest absolute Gasteiger partial charge is 0.0624 e. The summed E-state index contributed by atoms with van der Waals surface area (Å²) in [6, 6.07) is 2.86. The van der Waals surface area contributed by atoms with Gasteiger partial charge in [-0.2, -0.15) is 5.10 Å². The molecule has 0 saturated carbocycles. The van der Waals surface area contributed by atoms with Crippen LogP contribution in [0.2, 0.25) is 0 Å². The maximum absolute atomic E-state index is 4.65. The van der Waals surface area contributed by atoms with Crippen molar-refractivity contribution in [2.75, 3.05) is 6.54 Å². The van der Waals surface area contributed by atoms with E-state index in [0.29, 0.717) is 6.04 Å². The van der Waals surface area contributed by atoms with Crippen LogP contribution < -0.4 is 5.32 Å². The van der Waals surface area contributed by atoms with E-state index in [4.69, 9.17) is 0 Å². The van der Waals surface area contributed by atoms with Crippen molar-refractivity contribution >= 4 is 0 Å². The number of nitrogens with zero attached hydrogens (tertiary/aromatic N) is 2. The van der Waals surface area contributed by atoms with Gasteiger partial charge in [0, 0.05) is 24.7 Å². The number of hydrogen-bond donors (Lipinski definition) is 1. The molecular weight excluding hydrogens is 234 g/mol. The Bertz CT molecular complexity index is 357. The van der Waals surface area contributed by atoms with Gasteiger partial charge >= 0.3 is 0 Å². The standard InChI is InChI=1S/C16H31N3/c1-6-13(5)10-15(17-8-3)12-16-11-14(7-2)18-19(16)9-4/h11,13,15,17H,6-10,12H2,1-5H3. The van der Waals surface area contributed by atoms with Gasteiger partial charge in [-0.15, -0.1) is 0 Å². The Morgan fingerprint density at radius 1 is 1.26 bits per heavy atom. The van der Waals surface area contributed by atoms with Crippen LogP contribution in [0.25, 0.3) is 0 Å². The summed E-state index contributed by atoms with van der Waals surface area (Å²) in [5.41, 5.74) is 2.60. The monoisotopic (exact) mass is 265 g/mol. The molecule has 0 amide bonds. The lowest BCUT2D eigenvalue weighted by Gasteiger charge is -2.21. The van der Waals surface area contributed by atoms with Crippen molar-refractivity contribution in [1.82, 2.24) is 15.1 Å². The van der Waals surface area contributed by atoms with Crippen LogP contribution in [-0.2, 0) is 19.4 Å². The van der Waals surface area contributed by atoms with E-state index in [-0.39, 0.29) is 0 Å². The van der Waals surface area contributed by atoms with Crippen LogP contribution in [0.15, 0.2) is 6.07 Å². The van der Waals surface area contributed by atoms with Crippen LogP contribution in [-0.4, -0.2) is 22.4 Å². The molecule has 3 nitrogen and oxygen atoms in total. The van der Waals surface area contributed by atoms with E-state index in [2.05, 4.69) is 55.8 Å². The van der Waals surface area contributed by atoms with Gasteiger partial charge in [0.15, 0.2) is 0 Å².